The molecule has 0 radical (unpaired) electrons. The van der Waals surface area contributed by atoms with Crippen LogP contribution < -0.4 is 4.90 Å². The number of nitrogens with zero attached hydrogens (tertiary/aromatic N) is 1. The summed E-state index contributed by atoms with van der Waals surface area (Å²) in [6.07, 6.45) is 2.10. The Morgan fingerprint density at radius 1 is 1.24 bits per heavy atom. The van der Waals surface area contributed by atoms with Crippen molar-refractivity contribution in [1.82, 2.24) is 0 Å². The molecule has 0 amide bonds. The third-order valence-corrected chi connectivity index (χ3v) is 3.17. The maximum absolute atomic E-state index is 11.6. The first-order valence-electron chi connectivity index (χ1n) is 5.42. The lowest BCUT2D eigenvalue weighted by atomic mass is 10.1. The van der Waals surface area contributed by atoms with Gasteiger partial charge >= 0.3 is 5.97 Å². The monoisotopic (exact) mass is 253 g/mol. The first-order chi connectivity index (χ1) is 8.11. The maximum atomic E-state index is 11.6. The average molecular weight is 254 g/mol. The Hall–Kier alpha value is -1.55. The Bertz CT molecular complexity index is 467. The highest BCUT2D eigenvalue weighted by Gasteiger charge is 2.25. The molecule has 0 spiro atoms. The molecule has 90 valence electrons. The molecule has 5 heteroatoms. The van der Waals surface area contributed by atoms with E-state index in [1.54, 1.807) is 12.1 Å². The number of Topliss-reactive ketones (excluding diaryl/α,β-unsaturated/α-hetero) is 1. The lowest BCUT2D eigenvalue weighted by Gasteiger charge is -2.20. The van der Waals surface area contributed by atoms with Crippen LogP contribution in [0, 0.1) is 0 Å². The van der Waals surface area contributed by atoms with E-state index < -0.39 is 11.8 Å². The van der Waals surface area contributed by atoms with Gasteiger partial charge < -0.3 is 10.0 Å². The number of anilines is 1. The van der Waals surface area contributed by atoms with E-state index in [2.05, 4.69) is 0 Å². The highest BCUT2D eigenvalue weighted by Crippen LogP contribution is 2.30. The third-order valence-electron chi connectivity index (χ3n) is 2.86. The number of aliphatic carboxylic acids is 1. The summed E-state index contributed by atoms with van der Waals surface area (Å²) in [4.78, 5) is 24.4. The molecule has 0 unspecified atom stereocenters. The lowest BCUT2D eigenvalue weighted by Crippen LogP contribution is -2.23. The SMILES string of the molecule is O=C(O)C(=O)c1c(Cl)cccc1N1CCCC1. The summed E-state index contributed by atoms with van der Waals surface area (Å²) in [6, 6.07) is 5.01. The van der Waals surface area contributed by atoms with Crippen molar-refractivity contribution in [1.29, 1.82) is 0 Å². The molecule has 17 heavy (non-hydrogen) atoms. The minimum atomic E-state index is -1.47. The highest BCUT2D eigenvalue weighted by molar-refractivity contribution is 6.46. The van der Waals surface area contributed by atoms with Crippen molar-refractivity contribution in [2.45, 2.75) is 12.8 Å². The fraction of sp³-hybridized carbons (Fsp3) is 0.333. The smallest absolute Gasteiger partial charge is 0.377 e. The number of rotatable bonds is 3. The van der Waals surface area contributed by atoms with Gasteiger partial charge in [0.25, 0.3) is 5.78 Å². The number of carbonyl (C=O) groups excluding carboxylic acids is 1. The van der Waals surface area contributed by atoms with Crippen molar-refractivity contribution < 1.29 is 14.7 Å². The molecule has 1 saturated heterocycles. The van der Waals surface area contributed by atoms with Gasteiger partial charge in [-0.25, -0.2) is 4.79 Å². The van der Waals surface area contributed by atoms with E-state index in [1.165, 1.54) is 6.07 Å². The van der Waals surface area contributed by atoms with E-state index in [9.17, 15) is 9.59 Å². The molecule has 0 bridgehead atoms. The van der Waals surface area contributed by atoms with Crippen LogP contribution in [0.1, 0.15) is 23.2 Å². The fourth-order valence-corrected chi connectivity index (χ4v) is 2.32. The second-order valence-electron chi connectivity index (χ2n) is 3.96. The quantitative estimate of drug-likeness (QED) is 0.663. The number of halogens is 1. The van der Waals surface area contributed by atoms with Crippen molar-refractivity contribution in [2.75, 3.05) is 18.0 Å². The van der Waals surface area contributed by atoms with E-state index in [0.717, 1.165) is 25.9 Å². The fourth-order valence-electron chi connectivity index (χ4n) is 2.07. The Morgan fingerprint density at radius 3 is 2.47 bits per heavy atom. The number of hydrogen-bond donors (Lipinski definition) is 1. The molecule has 1 fully saturated rings. The molecule has 2 rings (SSSR count). The first-order valence-corrected chi connectivity index (χ1v) is 5.80. The third kappa shape index (κ3) is 2.26. The van der Waals surface area contributed by atoms with Crippen LogP contribution in [-0.2, 0) is 4.79 Å². The minimum absolute atomic E-state index is 0.101. The van der Waals surface area contributed by atoms with Gasteiger partial charge in [0, 0.05) is 18.8 Å². The zero-order chi connectivity index (χ0) is 12.4. The lowest BCUT2D eigenvalue weighted by molar-refractivity contribution is -0.131. The van der Waals surface area contributed by atoms with Gasteiger partial charge in [0.15, 0.2) is 0 Å². The van der Waals surface area contributed by atoms with Gasteiger partial charge in [0.05, 0.1) is 10.6 Å². The molecule has 0 saturated carbocycles. The molecule has 0 aromatic heterocycles. The summed E-state index contributed by atoms with van der Waals surface area (Å²) < 4.78 is 0. The summed E-state index contributed by atoms with van der Waals surface area (Å²) in [5.41, 5.74) is 0.728. The zero-order valence-electron chi connectivity index (χ0n) is 9.15. The summed E-state index contributed by atoms with van der Waals surface area (Å²) >= 11 is 5.94. The Morgan fingerprint density at radius 2 is 1.88 bits per heavy atom. The van der Waals surface area contributed by atoms with Crippen LogP contribution in [0.4, 0.5) is 5.69 Å². The van der Waals surface area contributed by atoms with Crippen LogP contribution in [-0.4, -0.2) is 29.9 Å². The molecule has 0 aliphatic carbocycles. The molecule has 4 nitrogen and oxygen atoms in total. The largest absolute Gasteiger partial charge is 0.475 e. The second kappa shape index (κ2) is 4.75. The Balaban J connectivity index is 2.47. The number of carboxylic acid groups (broad SMARTS) is 1. The molecule has 1 heterocycles. The van der Waals surface area contributed by atoms with E-state index >= 15 is 0 Å². The summed E-state index contributed by atoms with van der Waals surface area (Å²) in [7, 11) is 0. The molecule has 1 aromatic carbocycles. The van der Waals surface area contributed by atoms with Gasteiger partial charge in [0.1, 0.15) is 0 Å². The Labute approximate surface area is 104 Å². The van der Waals surface area contributed by atoms with Gasteiger partial charge in [-0.1, -0.05) is 17.7 Å². The molecule has 1 aliphatic heterocycles. The molecule has 1 aromatic rings. The van der Waals surface area contributed by atoms with E-state index in [4.69, 9.17) is 16.7 Å². The number of ketones is 1. The summed E-state index contributed by atoms with van der Waals surface area (Å²) in [6.45, 7) is 1.67. The second-order valence-corrected chi connectivity index (χ2v) is 4.37. The predicted octanol–water partition coefficient (Wildman–Crippen LogP) is 2.21. The van der Waals surface area contributed by atoms with E-state index in [0.29, 0.717) is 5.69 Å². The molecule has 1 N–H and O–H groups in total. The van der Waals surface area contributed by atoms with Crippen LogP contribution >= 0.6 is 11.6 Å². The molecular formula is C12H12ClNO3. The number of carbonyl (C=O) groups is 2. The van der Waals surface area contributed by atoms with Gasteiger partial charge in [-0.3, -0.25) is 4.79 Å². The Kier molecular flexibility index (Phi) is 3.33. The molecule has 1 aliphatic rings. The number of benzene rings is 1. The summed E-state index contributed by atoms with van der Waals surface area (Å²) in [5.74, 6) is -2.42. The van der Waals surface area contributed by atoms with Crippen molar-refractivity contribution >= 4 is 29.0 Å². The van der Waals surface area contributed by atoms with Crippen LogP contribution in [0.15, 0.2) is 18.2 Å². The summed E-state index contributed by atoms with van der Waals surface area (Å²) in [5, 5.41) is 9.00. The normalized spacial score (nSPS) is 15.0. The highest BCUT2D eigenvalue weighted by atomic mass is 35.5. The van der Waals surface area contributed by atoms with Crippen LogP contribution in [0.3, 0.4) is 0 Å². The van der Waals surface area contributed by atoms with E-state index in [-0.39, 0.29) is 10.6 Å². The van der Waals surface area contributed by atoms with Crippen LogP contribution in [0.2, 0.25) is 5.02 Å². The molecule has 0 atom stereocenters. The molecular weight excluding hydrogens is 242 g/mol. The van der Waals surface area contributed by atoms with Crippen molar-refractivity contribution in [3.05, 3.63) is 28.8 Å². The average Bonchev–Trinajstić information content (AvgIpc) is 2.81. The first kappa shape index (κ1) is 11.9. The predicted molar refractivity (Wildman–Crippen MR) is 64.9 cm³/mol. The number of carboxylic acids is 1. The van der Waals surface area contributed by atoms with Crippen molar-refractivity contribution in [2.24, 2.45) is 0 Å². The van der Waals surface area contributed by atoms with Gasteiger partial charge in [-0.2, -0.15) is 0 Å². The number of hydrogen-bond acceptors (Lipinski definition) is 3. The van der Waals surface area contributed by atoms with Crippen LogP contribution in [0.5, 0.6) is 0 Å². The van der Waals surface area contributed by atoms with Gasteiger partial charge in [0.2, 0.25) is 0 Å². The van der Waals surface area contributed by atoms with Crippen molar-refractivity contribution in [3.8, 4) is 0 Å². The van der Waals surface area contributed by atoms with Crippen molar-refractivity contribution in [3.63, 3.8) is 0 Å². The maximum Gasteiger partial charge on any atom is 0.377 e. The van der Waals surface area contributed by atoms with Crippen LogP contribution in [0.25, 0.3) is 0 Å². The standard InChI is InChI=1S/C12H12ClNO3/c13-8-4-3-5-9(14-6-1-2-7-14)10(8)11(15)12(16)17/h3-5H,1-2,6-7H2,(H,16,17). The zero-order valence-corrected chi connectivity index (χ0v) is 9.91. The topological polar surface area (TPSA) is 57.6 Å². The minimum Gasteiger partial charge on any atom is -0.475 e. The van der Waals surface area contributed by atoms with Gasteiger partial charge in [-0.15, -0.1) is 0 Å². The van der Waals surface area contributed by atoms with E-state index in [1.807, 2.05) is 4.90 Å². The van der Waals surface area contributed by atoms with Gasteiger partial charge in [-0.05, 0) is 25.0 Å².